The van der Waals surface area contributed by atoms with E-state index in [1.54, 1.807) is 0 Å². The zero-order valence-corrected chi connectivity index (χ0v) is 54.6. The van der Waals surface area contributed by atoms with Crippen molar-refractivity contribution in [3.63, 3.8) is 0 Å². The summed E-state index contributed by atoms with van der Waals surface area (Å²) in [4.78, 5) is 7.97. The summed E-state index contributed by atoms with van der Waals surface area (Å²) in [5.74, 6) is 0. The number of fused-ring (bicyclic) bond motifs is 9. The molecule has 0 N–H and O–H groups in total. The third kappa shape index (κ3) is 8.62. The number of hydrogen-bond donors (Lipinski definition) is 0. The van der Waals surface area contributed by atoms with Gasteiger partial charge in [-0.25, -0.2) is 0 Å². The molecule has 2 heterocycles. The van der Waals surface area contributed by atoms with E-state index in [0.717, 1.165) is 29.9 Å². The van der Waals surface area contributed by atoms with Gasteiger partial charge < -0.3 is 14.7 Å². The molecule has 0 saturated carbocycles. The lowest BCUT2D eigenvalue weighted by atomic mass is 9.33. The lowest BCUT2D eigenvalue weighted by Gasteiger charge is -2.48. The predicted molar refractivity (Wildman–Crippen MR) is 364 cm³/mol. The van der Waals surface area contributed by atoms with Crippen molar-refractivity contribution >= 4 is 74.3 Å². The van der Waals surface area contributed by atoms with Crippen molar-refractivity contribution in [3.8, 4) is 11.1 Å². The Hall–Kier alpha value is -6.78. The highest BCUT2D eigenvalue weighted by molar-refractivity contribution is 7.00. The normalized spacial score (nSPS) is 18.2. The molecule has 430 valence electrons. The highest BCUT2D eigenvalue weighted by atomic mass is 15.2. The van der Waals surface area contributed by atoms with Crippen LogP contribution in [0.2, 0.25) is 0 Å². The Morgan fingerprint density at radius 3 is 1.46 bits per heavy atom. The molecule has 0 amide bonds. The molecule has 4 heteroatoms. The van der Waals surface area contributed by atoms with Gasteiger partial charge in [-0.1, -0.05) is 204 Å². The van der Waals surface area contributed by atoms with Gasteiger partial charge in [-0.3, -0.25) is 0 Å². The SMILES string of the molecule is Cc1cc2c3c(c1)N(c1ccc(C(C)(C)C)c4c1-c1ccccc1C4(C)C)c1cc(N(c4ccc(C(C)(C)C)cc4)c4ccc(C(C)(C)C)cc4)ccc1B3c1cc3c(cc1N2c1ccc2c(c1)C(C)(C)CCC2(C)C)C(C)(C)CCC3(C)C. The summed E-state index contributed by atoms with van der Waals surface area (Å²) in [6.45, 7) is 48.2. The van der Waals surface area contributed by atoms with E-state index < -0.39 is 0 Å². The lowest BCUT2D eigenvalue weighted by molar-refractivity contribution is 0.332. The zero-order chi connectivity index (χ0) is 60.0. The van der Waals surface area contributed by atoms with Crippen LogP contribution in [0, 0.1) is 6.92 Å². The molecule has 0 bridgehead atoms. The van der Waals surface area contributed by atoms with Crippen molar-refractivity contribution in [2.75, 3.05) is 14.7 Å². The Morgan fingerprint density at radius 1 is 0.405 bits per heavy atom. The molecule has 13 rings (SSSR count). The molecule has 5 aliphatic rings. The zero-order valence-electron chi connectivity index (χ0n) is 54.6. The van der Waals surface area contributed by atoms with Crippen molar-refractivity contribution < 1.29 is 0 Å². The third-order valence-corrected chi connectivity index (χ3v) is 21.2. The molecular weight excluding hydrogens is 1010 g/mol. The van der Waals surface area contributed by atoms with Crippen LogP contribution >= 0.6 is 0 Å². The van der Waals surface area contributed by atoms with Crippen LogP contribution in [-0.4, -0.2) is 6.71 Å². The van der Waals surface area contributed by atoms with Crippen LogP contribution in [0.5, 0.6) is 0 Å². The average molecular weight is 1110 g/mol. The summed E-state index contributed by atoms with van der Waals surface area (Å²) < 4.78 is 0. The summed E-state index contributed by atoms with van der Waals surface area (Å²) in [5.41, 5.74) is 31.8. The molecule has 3 aliphatic carbocycles. The van der Waals surface area contributed by atoms with Gasteiger partial charge in [-0.15, -0.1) is 0 Å². The largest absolute Gasteiger partial charge is 0.311 e. The standard InChI is InChI=1S/C80H92BN3/c1-49-43-68-72-69(44-49)84(65-38-36-59(75(8,9)10)71-70(65)56-23-21-22-24-57(56)80(71,19)20)66-46-55(82(52-29-25-50(26-30-52)73(2,3)4)53-31-27-51(28-32-53)74(5,6)7)34-37-63(66)81(72)64-47-61-62(79(17,18)42-41-78(61,15)16)48-67(64)83(68)54-33-35-58-60(45-54)77(13,14)40-39-76(58,11)12/h21-38,43-48H,39-42H2,1-20H3. The quantitative estimate of drug-likeness (QED) is 0.159. The number of anilines is 9. The van der Waals surface area contributed by atoms with Gasteiger partial charge in [0.25, 0.3) is 6.71 Å². The molecular formula is C80H92BN3. The van der Waals surface area contributed by atoms with Crippen LogP contribution in [0.3, 0.4) is 0 Å². The van der Waals surface area contributed by atoms with Crippen LogP contribution in [-0.2, 0) is 43.3 Å². The van der Waals surface area contributed by atoms with Crippen LogP contribution < -0.4 is 31.1 Å². The molecule has 0 spiro atoms. The number of nitrogens with zero attached hydrogens (tertiary/aromatic N) is 3. The first-order chi connectivity index (χ1) is 39.2. The molecule has 8 aromatic carbocycles. The van der Waals surface area contributed by atoms with Gasteiger partial charge in [0.1, 0.15) is 0 Å². The molecule has 0 aromatic heterocycles. The molecule has 8 aromatic rings. The van der Waals surface area contributed by atoms with E-state index in [-0.39, 0.29) is 50.0 Å². The van der Waals surface area contributed by atoms with E-state index in [1.165, 1.54) is 130 Å². The Labute approximate surface area is 506 Å². The molecule has 0 atom stereocenters. The smallest absolute Gasteiger partial charge is 0.252 e. The van der Waals surface area contributed by atoms with Crippen molar-refractivity contribution in [2.24, 2.45) is 0 Å². The van der Waals surface area contributed by atoms with E-state index >= 15 is 0 Å². The van der Waals surface area contributed by atoms with Gasteiger partial charge in [-0.05, 0) is 221 Å². The highest BCUT2D eigenvalue weighted by Gasteiger charge is 2.49. The predicted octanol–water partition coefficient (Wildman–Crippen LogP) is 20.4. The third-order valence-electron chi connectivity index (χ3n) is 21.2. The molecule has 3 nitrogen and oxygen atoms in total. The second kappa shape index (κ2) is 18.4. The maximum atomic E-state index is 2.74. The van der Waals surface area contributed by atoms with Crippen molar-refractivity contribution in [1.82, 2.24) is 0 Å². The van der Waals surface area contributed by atoms with Gasteiger partial charge in [-0.2, -0.15) is 0 Å². The van der Waals surface area contributed by atoms with Gasteiger partial charge in [0, 0.05) is 56.5 Å². The fourth-order valence-electron chi connectivity index (χ4n) is 15.9. The van der Waals surface area contributed by atoms with Gasteiger partial charge >= 0.3 is 0 Å². The summed E-state index contributed by atoms with van der Waals surface area (Å²) in [5, 5.41) is 0. The summed E-state index contributed by atoms with van der Waals surface area (Å²) in [6.07, 6.45) is 4.66. The molecule has 0 saturated heterocycles. The molecule has 0 unspecified atom stereocenters. The fraction of sp³-hybridized carbons (Fsp3) is 0.400. The van der Waals surface area contributed by atoms with E-state index in [4.69, 9.17) is 0 Å². The van der Waals surface area contributed by atoms with Gasteiger partial charge in [0.05, 0.1) is 5.69 Å². The van der Waals surface area contributed by atoms with Gasteiger partial charge in [0.15, 0.2) is 0 Å². The van der Waals surface area contributed by atoms with E-state index in [9.17, 15) is 0 Å². The van der Waals surface area contributed by atoms with Crippen LogP contribution in [0.25, 0.3) is 11.1 Å². The molecule has 84 heavy (non-hydrogen) atoms. The monoisotopic (exact) mass is 1110 g/mol. The minimum Gasteiger partial charge on any atom is -0.311 e. The maximum absolute atomic E-state index is 2.74. The number of hydrogen-bond acceptors (Lipinski definition) is 3. The minimum absolute atomic E-state index is 0.0110. The summed E-state index contributed by atoms with van der Waals surface area (Å²) >= 11 is 0. The Morgan fingerprint density at radius 2 is 0.905 bits per heavy atom. The minimum atomic E-state index is -0.223. The second-order valence-corrected chi connectivity index (χ2v) is 32.5. The summed E-state index contributed by atoms with van der Waals surface area (Å²) in [6, 6.07) is 58.7. The summed E-state index contributed by atoms with van der Waals surface area (Å²) in [7, 11) is 0. The van der Waals surface area contributed by atoms with E-state index in [2.05, 4.69) is 299 Å². The number of aryl methyl sites for hydroxylation is 1. The number of rotatable bonds is 5. The molecule has 2 aliphatic heterocycles. The van der Waals surface area contributed by atoms with Crippen molar-refractivity contribution in [2.45, 2.75) is 207 Å². The van der Waals surface area contributed by atoms with Crippen molar-refractivity contribution in [1.29, 1.82) is 0 Å². The average Bonchev–Trinajstić information content (AvgIpc) is 0.998. The number of benzene rings is 8. The Balaban J connectivity index is 1.15. The topological polar surface area (TPSA) is 9.72 Å². The van der Waals surface area contributed by atoms with Crippen LogP contribution in [0.15, 0.2) is 146 Å². The Kier molecular flexibility index (Phi) is 12.3. The first-order valence-corrected chi connectivity index (χ1v) is 31.7. The molecule has 0 fully saturated rings. The van der Waals surface area contributed by atoms with Crippen LogP contribution in [0.4, 0.5) is 51.2 Å². The van der Waals surface area contributed by atoms with E-state index in [1.807, 2.05) is 0 Å². The maximum Gasteiger partial charge on any atom is 0.252 e. The Bertz CT molecular complexity index is 3950. The van der Waals surface area contributed by atoms with Crippen LogP contribution in [0.1, 0.15) is 213 Å². The highest BCUT2D eigenvalue weighted by Crippen LogP contribution is 2.59. The second-order valence-electron chi connectivity index (χ2n) is 32.5. The molecule has 0 radical (unpaired) electrons. The van der Waals surface area contributed by atoms with Crippen molar-refractivity contribution in [3.05, 3.63) is 201 Å². The van der Waals surface area contributed by atoms with E-state index in [0.29, 0.717) is 0 Å². The van der Waals surface area contributed by atoms with Gasteiger partial charge in [0.2, 0.25) is 0 Å². The first kappa shape index (κ1) is 56.4. The fourth-order valence-corrected chi connectivity index (χ4v) is 15.9. The lowest BCUT2D eigenvalue weighted by Crippen LogP contribution is -2.62. The first-order valence-electron chi connectivity index (χ1n) is 31.7.